The van der Waals surface area contributed by atoms with Crippen molar-refractivity contribution in [3.05, 3.63) is 0 Å². The Hall–Kier alpha value is 0.518. The molecule has 0 aromatic rings. The Bertz CT molecular complexity index is 838. The molecule has 0 spiro atoms. The summed E-state index contributed by atoms with van der Waals surface area (Å²) in [7, 11) is -16.2. The van der Waals surface area contributed by atoms with Gasteiger partial charge in [0.15, 0.2) is 26.8 Å². The van der Waals surface area contributed by atoms with Crippen molar-refractivity contribution in [2.24, 2.45) is 0 Å². The van der Waals surface area contributed by atoms with E-state index in [1.165, 1.54) is 0 Å². The largest absolute Gasteiger partial charge is 1.00 e. The van der Waals surface area contributed by atoms with E-state index in [-0.39, 0.29) is 64.9 Å². The van der Waals surface area contributed by atoms with E-state index in [1.54, 1.807) is 0 Å². The van der Waals surface area contributed by atoms with Gasteiger partial charge >= 0.3 is 56.9 Å². The minimum atomic E-state index is -6.73. The molecular weight excluding hydrogens is 727 g/mol. The van der Waals surface area contributed by atoms with Gasteiger partial charge in [-0.25, -0.2) is 8.42 Å². The number of carbonyl (C=O) groups is 1. The first-order valence-electron chi connectivity index (χ1n) is 10.8. The second-order valence-electron chi connectivity index (χ2n) is 10.7. The number of carbonyl (C=O) groups excluding carboxylic acids is 1. The third kappa shape index (κ3) is 20.4. The summed E-state index contributed by atoms with van der Waals surface area (Å²) in [6.45, 7) is 17.6. The summed E-state index contributed by atoms with van der Waals surface area (Å²) in [4.78, 5) is 11.8. The maximum absolute atomic E-state index is 13.5. The molecule has 0 heterocycles. The summed E-state index contributed by atoms with van der Waals surface area (Å²) < 4.78 is 120. The monoisotopic (exact) mass is 778 g/mol. The van der Waals surface area contributed by atoms with Crippen LogP contribution in [0.2, 0.25) is 65.0 Å². The van der Waals surface area contributed by atoms with E-state index in [2.05, 4.69) is 4.74 Å². The number of halogens is 5. The van der Waals surface area contributed by atoms with Crippen molar-refractivity contribution < 1.29 is 79.2 Å². The zero-order valence-electron chi connectivity index (χ0n) is 21.8. The molecule has 252 valence electrons. The molecule has 0 aliphatic heterocycles. The molecule has 0 radical (unpaired) electrons. The normalized spacial score (nSPS) is 15.0. The Balaban J connectivity index is -0.000000578. The standard InChI is InChI=1S/C17H37F5O8SSi4.4CH4.Ag/c1-32(2,3)28-34(7,8)30-35(9,29-33(4,5)6)13-11-10-12-14(23)27-15(16(18,19)20)17(21,22)31(24,25)26;;;;;/h15H,10-13H2,1-9H3,(H,24,25,26);4*1H4;/q;;;;;+1/p-1. The molecule has 2 atom stereocenters. The quantitative estimate of drug-likeness (QED) is 0.0578. The van der Waals surface area contributed by atoms with Crippen molar-refractivity contribution in [1.29, 1.82) is 0 Å². The van der Waals surface area contributed by atoms with Crippen molar-refractivity contribution in [1.82, 2.24) is 0 Å². The predicted molar refractivity (Wildman–Crippen MR) is 155 cm³/mol. The molecular formula is C21H52AgF5O8SSi4. The fraction of sp³-hybridized carbons (Fsp3) is 0.952. The van der Waals surface area contributed by atoms with Crippen LogP contribution in [0.3, 0.4) is 0 Å². The molecule has 0 saturated heterocycles. The van der Waals surface area contributed by atoms with Gasteiger partial charge in [0.1, 0.15) is 0 Å². The molecule has 0 aromatic heterocycles. The number of hydrogen-bond donors (Lipinski definition) is 0. The van der Waals surface area contributed by atoms with Crippen LogP contribution in [0.15, 0.2) is 0 Å². The minimum absolute atomic E-state index is 0. The third-order valence-corrected chi connectivity index (χ3v) is 18.4. The SMILES string of the molecule is C.C.C.C.C[Si](C)(C)O[Si](C)(C)O[Si](C)(CCCCC(=O)OC(C(F)(F)F)C(F)(F)S(=O)(=O)[O-])O[Si](C)(C)C.[Ag+]. The second kappa shape index (κ2) is 18.4. The van der Waals surface area contributed by atoms with Crippen molar-refractivity contribution in [2.45, 2.75) is 131 Å². The number of ether oxygens (including phenoxy) is 1. The summed E-state index contributed by atoms with van der Waals surface area (Å²) in [5.74, 6) is -1.71. The van der Waals surface area contributed by atoms with E-state index < -0.39 is 73.8 Å². The summed E-state index contributed by atoms with van der Waals surface area (Å²) in [5.41, 5.74) is 0. The van der Waals surface area contributed by atoms with Crippen LogP contribution in [0.4, 0.5) is 22.0 Å². The topological polar surface area (TPSA) is 111 Å². The molecule has 0 rings (SSSR count). The van der Waals surface area contributed by atoms with Crippen molar-refractivity contribution >= 4 is 49.8 Å². The second-order valence-corrected chi connectivity index (χ2v) is 28.6. The molecule has 0 bridgehead atoms. The first kappa shape index (κ1) is 53.1. The summed E-state index contributed by atoms with van der Waals surface area (Å²) >= 11 is 0. The molecule has 0 aliphatic carbocycles. The number of hydrogen-bond acceptors (Lipinski definition) is 8. The fourth-order valence-corrected chi connectivity index (χ4v) is 21.9. The van der Waals surface area contributed by atoms with Crippen LogP contribution in [0, 0.1) is 0 Å². The Morgan fingerprint density at radius 3 is 1.50 bits per heavy atom. The average Bonchev–Trinajstić information content (AvgIpc) is 2.49. The van der Waals surface area contributed by atoms with E-state index in [1.807, 2.05) is 58.9 Å². The van der Waals surface area contributed by atoms with Crippen LogP contribution in [0.1, 0.15) is 49.0 Å². The summed E-state index contributed by atoms with van der Waals surface area (Å²) in [6.07, 6.45) is -10.9. The molecule has 0 N–H and O–H groups in total. The number of alkyl halides is 5. The molecule has 0 fully saturated rings. The molecule has 0 amide bonds. The Kier molecular flexibility index (Phi) is 24.4. The fourth-order valence-electron chi connectivity index (χ4n) is 3.41. The summed E-state index contributed by atoms with van der Waals surface area (Å²) in [6, 6.07) is 0.351. The van der Waals surface area contributed by atoms with Crippen LogP contribution >= 0.6 is 0 Å². The predicted octanol–water partition coefficient (Wildman–Crippen LogP) is 7.80. The average molecular weight is 780 g/mol. The van der Waals surface area contributed by atoms with Crippen molar-refractivity contribution in [3.63, 3.8) is 0 Å². The van der Waals surface area contributed by atoms with E-state index in [0.717, 1.165) is 0 Å². The number of rotatable bonds is 14. The first-order chi connectivity index (χ1) is 15.1. The van der Waals surface area contributed by atoms with E-state index in [4.69, 9.17) is 12.3 Å². The zero-order valence-corrected chi connectivity index (χ0v) is 28.1. The van der Waals surface area contributed by atoms with Crippen LogP contribution in [0.25, 0.3) is 0 Å². The van der Waals surface area contributed by atoms with Crippen LogP contribution in [-0.2, 0) is 54.4 Å². The van der Waals surface area contributed by atoms with Gasteiger partial charge in [0, 0.05) is 6.42 Å². The summed E-state index contributed by atoms with van der Waals surface area (Å²) in [5, 5.41) is -5.86. The maximum atomic E-state index is 13.5. The van der Waals surface area contributed by atoms with E-state index >= 15 is 0 Å². The first-order valence-corrected chi connectivity index (χ1v) is 24.4. The molecule has 0 aliphatic rings. The van der Waals surface area contributed by atoms with Gasteiger partial charge in [-0.2, -0.15) is 22.0 Å². The minimum Gasteiger partial charge on any atom is -0.743 e. The molecule has 8 nitrogen and oxygen atoms in total. The molecule has 40 heavy (non-hydrogen) atoms. The van der Waals surface area contributed by atoms with Crippen molar-refractivity contribution in [2.75, 3.05) is 0 Å². The van der Waals surface area contributed by atoms with Gasteiger partial charge in [0.2, 0.25) is 0 Å². The zero-order chi connectivity index (χ0) is 28.3. The van der Waals surface area contributed by atoms with Crippen molar-refractivity contribution in [3.8, 4) is 0 Å². The van der Waals surface area contributed by atoms with Gasteiger partial charge in [-0.05, 0) is 71.4 Å². The van der Waals surface area contributed by atoms with Gasteiger partial charge in [-0.1, -0.05) is 36.1 Å². The number of unbranched alkanes of at least 4 members (excludes halogenated alkanes) is 1. The Labute approximate surface area is 259 Å². The Morgan fingerprint density at radius 1 is 0.775 bits per heavy atom. The van der Waals surface area contributed by atoms with Crippen LogP contribution in [0.5, 0.6) is 0 Å². The molecule has 19 heteroatoms. The van der Waals surface area contributed by atoms with E-state index in [9.17, 15) is 39.7 Å². The molecule has 0 aromatic carbocycles. The van der Waals surface area contributed by atoms with Crippen LogP contribution < -0.4 is 0 Å². The Morgan fingerprint density at radius 2 is 1.18 bits per heavy atom. The maximum Gasteiger partial charge on any atom is 1.00 e. The molecule has 0 saturated carbocycles. The smallest absolute Gasteiger partial charge is 0.743 e. The van der Waals surface area contributed by atoms with E-state index in [0.29, 0.717) is 6.04 Å². The van der Waals surface area contributed by atoms with Gasteiger partial charge in [0.05, 0.1) is 0 Å². The van der Waals surface area contributed by atoms with Gasteiger partial charge in [-0.15, -0.1) is 0 Å². The third-order valence-electron chi connectivity index (χ3n) is 3.98. The molecule has 2 unspecified atom stereocenters. The van der Waals surface area contributed by atoms with Gasteiger partial charge in [-0.3, -0.25) is 4.79 Å². The van der Waals surface area contributed by atoms with Gasteiger partial charge in [0.25, 0.3) is 6.10 Å². The van der Waals surface area contributed by atoms with Crippen LogP contribution in [-0.4, -0.2) is 70.2 Å². The van der Waals surface area contributed by atoms with Gasteiger partial charge < -0.3 is 21.6 Å². The number of esters is 1.